The third-order valence-electron chi connectivity index (χ3n) is 4.23. The van der Waals surface area contributed by atoms with Crippen molar-refractivity contribution >= 4 is 40.7 Å². The molecule has 0 bridgehead atoms. The number of hydrogen-bond donors (Lipinski definition) is 2. The van der Waals surface area contributed by atoms with Crippen molar-refractivity contribution in [3.05, 3.63) is 64.1 Å². The van der Waals surface area contributed by atoms with E-state index in [2.05, 4.69) is 10.6 Å². The van der Waals surface area contributed by atoms with Gasteiger partial charge in [-0.2, -0.15) is 0 Å². The van der Waals surface area contributed by atoms with Crippen molar-refractivity contribution in [1.82, 2.24) is 5.32 Å². The molecule has 0 aromatic heterocycles. The molecule has 2 atom stereocenters. The van der Waals surface area contributed by atoms with E-state index in [9.17, 15) is 9.59 Å². The predicted molar refractivity (Wildman–Crippen MR) is 99.8 cm³/mol. The molecule has 3 rings (SSSR count). The van der Waals surface area contributed by atoms with Gasteiger partial charge in [-0.3, -0.25) is 9.59 Å². The van der Waals surface area contributed by atoms with Gasteiger partial charge in [0.25, 0.3) is 0 Å². The first kappa shape index (κ1) is 17.8. The normalized spacial score (nSPS) is 18.5. The van der Waals surface area contributed by atoms with Gasteiger partial charge >= 0.3 is 0 Å². The lowest BCUT2D eigenvalue weighted by atomic mass is 10.1. The van der Waals surface area contributed by atoms with Gasteiger partial charge in [0.05, 0.1) is 27.6 Å². The molecular weight excluding hydrogens is 359 g/mol. The summed E-state index contributed by atoms with van der Waals surface area (Å²) in [5.74, 6) is -0.916. The highest BCUT2D eigenvalue weighted by molar-refractivity contribution is 6.39. The molecule has 2 aromatic rings. The number of hydrogen-bond acceptors (Lipinski definition) is 2. The van der Waals surface area contributed by atoms with Crippen LogP contribution >= 0.6 is 23.2 Å². The summed E-state index contributed by atoms with van der Waals surface area (Å²) in [5, 5.41) is 6.38. The summed E-state index contributed by atoms with van der Waals surface area (Å²) in [4.78, 5) is 24.4. The van der Waals surface area contributed by atoms with Crippen LogP contribution < -0.4 is 10.6 Å². The maximum atomic E-state index is 12.3. The third kappa shape index (κ3) is 4.53. The highest BCUT2D eigenvalue weighted by atomic mass is 35.5. The van der Waals surface area contributed by atoms with Crippen LogP contribution in [-0.4, -0.2) is 18.4 Å². The lowest BCUT2D eigenvalue weighted by Crippen LogP contribution is -2.29. The Kier molecular flexibility index (Phi) is 5.61. The van der Waals surface area contributed by atoms with Crippen molar-refractivity contribution in [2.24, 2.45) is 11.8 Å². The quantitative estimate of drug-likeness (QED) is 0.802. The minimum Gasteiger partial charge on any atom is -0.356 e. The summed E-state index contributed by atoms with van der Waals surface area (Å²) in [6.07, 6.45) is 1.32. The maximum absolute atomic E-state index is 12.3. The smallest absolute Gasteiger partial charge is 0.228 e. The number of rotatable bonds is 6. The molecule has 1 aliphatic carbocycles. The first-order valence-electron chi connectivity index (χ1n) is 8.13. The lowest BCUT2D eigenvalue weighted by Gasteiger charge is -2.09. The van der Waals surface area contributed by atoms with Crippen LogP contribution in [-0.2, 0) is 16.0 Å². The molecule has 130 valence electrons. The molecule has 0 radical (unpaired) electrons. The topological polar surface area (TPSA) is 58.2 Å². The second-order valence-corrected chi connectivity index (χ2v) is 6.88. The molecule has 1 fully saturated rings. The van der Waals surface area contributed by atoms with Crippen molar-refractivity contribution in [2.45, 2.75) is 12.8 Å². The van der Waals surface area contributed by atoms with Crippen LogP contribution in [0.3, 0.4) is 0 Å². The highest BCUT2D eigenvalue weighted by Gasteiger charge is 2.48. The van der Waals surface area contributed by atoms with Gasteiger partial charge in [0.1, 0.15) is 0 Å². The Labute approximate surface area is 156 Å². The van der Waals surface area contributed by atoms with Gasteiger partial charge in [-0.1, -0.05) is 59.6 Å². The number of carbonyl (C=O) groups excluding carboxylic acids is 2. The van der Waals surface area contributed by atoms with Crippen LogP contribution in [0, 0.1) is 11.8 Å². The Balaban J connectivity index is 1.47. The molecule has 1 saturated carbocycles. The van der Waals surface area contributed by atoms with Gasteiger partial charge in [-0.15, -0.1) is 0 Å². The van der Waals surface area contributed by atoms with E-state index in [0.717, 1.165) is 6.42 Å². The largest absolute Gasteiger partial charge is 0.356 e. The third-order valence-corrected chi connectivity index (χ3v) is 4.86. The minimum atomic E-state index is -0.330. The maximum Gasteiger partial charge on any atom is 0.228 e. The predicted octanol–water partition coefficient (Wildman–Crippen LogP) is 3.93. The van der Waals surface area contributed by atoms with Crippen LogP contribution in [0.15, 0.2) is 48.5 Å². The Bertz CT molecular complexity index is 760. The Morgan fingerprint density at radius 3 is 2.24 bits per heavy atom. The van der Waals surface area contributed by atoms with Crippen LogP contribution in [0.1, 0.15) is 12.0 Å². The van der Waals surface area contributed by atoms with Crippen molar-refractivity contribution < 1.29 is 9.59 Å². The monoisotopic (exact) mass is 376 g/mol. The Morgan fingerprint density at radius 2 is 1.56 bits per heavy atom. The van der Waals surface area contributed by atoms with Crippen LogP contribution in [0.4, 0.5) is 5.69 Å². The van der Waals surface area contributed by atoms with E-state index in [0.29, 0.717) is 28.7 Å². The van der Waals surface area contributed by atoms with Crippen molar-refractivity contribution in [1.29, 1.82) is 0 Å². The fourth-order valence-electron chi connectivity index (χ4n) is 2.71. The summed E-state index contributed by atoms with van der Waals surface area (Å²) < 4.78 is 0. The van der Waals surface area contributed by atoms with Gasteiger partial charge in [-0.05, 0) is 30.5 Å². The summed E-state index contributed by atoms with van der Waals surface area (Å²) in [6.45, 7) is 0.560. The van der Waals surface area contributed by atoms with Crippen LogP contribution in [0.5, 0.6) is 0 Å². The molecule has 2 N–H and O–H groups in total. The highest BCUT2D eigenvalue weighted by Crippen LogP contribution is 2.40. The molecule has 1 aliphatic rings. The second-order valence-electron chi connectivity index (χ2n) is 6.06. The molecule has 6 heteroatoms. The fraction of sp³-hybridized carbons (Fsp3) is 0.263. The van der Waals surface area contributed by atoms with E-state index in [1.54, 1.807) is 18.2 Å². The van der Waals surface area contributed by atoms with E-state index < -0.39 is 0 Å². The van der Waals surface area contributed by atoms with E-state index >= 15 is 0 Å². The molecule has 4 nitrogen and oxygen atoms in total. The van der Waals surface area contributed by atoms with Gasteiger partial charge in [0.15, 0.2) is 0 Å². The van der Waals surface area contributed by atoms with Gasteiger partial charge in [0.2, 0.25) is 11.8 Å². The van der Waals surface area contributed by atoms with Gasteiger partial charge in [0, 0.05) is 6.54 Å². The van der Waals surface area contributed by atoms with E-state index in [1.165, 1.54) is 5.56 Å². The molecule has 2 unspecified atom stereocenters. The zero-order valence-electron chi connectivity index (χ0n) is 13.5. The number of carbonyl (C=O) groups is 2. The molecular formula is C19H18Cl2N2O2. The SMILES string of the molecule is O=C(NCCc1ccccc1)C1CC1C(=O)Nc1c(Cl)cccc1Cl. The zero-order chi connectivity index (χ0) is 17.8. The van der Waals surface area contributed by atoms with Crippen LogP contribution in [0.25, 0.3) is 0 Å². The van der Waals surface area contributed by atoms with E-state index in [-0.39, 0.29) is 23.7 Å². The molecule has 0 heterocycles. The molecule has 25 heavy (non-hydrogen) atoms. The van der Waals surface area contributed by atoms with Gasteiger partial charge < -0.3 is 10.6 Å². The molecule has 2 aromatic carbocycles. The second kappa shape index (κ2) is 7.89. The molecule has 0 aliphatic heterocycles. The average Bonchev–Trinajstić information content (AvgIpc) is 3.40. The van der Waals surface area contributed by atoms with E-state index in [1.807, 2.05) is 30.3 Å². The van der Waals surface area contributed by atoms with Crippen LogP contribution in [0.2, 0.25) is 10.0 Å². The zero-order valence-corrected chi connectivity index (χ0v) is 15.0. The number of anilines is 1. The molecule has 0 saturated heterocycles. The number of nitrogens with one attached hydrogen (secondary N) is 2. The summed E-state index contributed by atoms with van der Waals surface area (Å²) in [6, 6.07) is 15.0. The lowest BCUT2D eigenvalue weighted by molar-refractivity contribution is -0.125. The minimum absolute atomic E-state index is 0.0821. The first-order valence-corrected chi connectivity index (χ1v) is 8.88. The van der Waals surface area contributed by atoms with Gasteiger partial charge in [-0.25, -0.2) is 0 Å². The standard InChI is InChI=1S/C19H18Cl2N2O2/c20-15-7-4-8-16(21)17(15)23-19(25)14-11-13(14)18(24)22-10-9-12-5-2-1-3-6-12/h1-8,13-14H,9-11H2,(H,22,24)(H,23,25). The van der Waals surface area contributed by atoms with Crippen molar-refractivity contribution in [3.8, 4) is 0 Å². The van der Waals surface area contributed by atoms with Crippen molar-refractivity contribution in [2.75, 3.05) is 11.9 Å². The first-order chi connectivity index (χ1) is 12.1. The Morgan fingerprint density at radius 1 is 0.920 bits per heavy atom. The fourth-order valence-corrected chi connectivity index (χ4v) is 3.21. The average molecular weight is 377 g/mol. The van der Waals surface area contributed by atoms with E-state index in [4.69, 9.17) is 23.2 Å². The number of amides is 2. The van der Waals surface area contributed by atoms with Crippen molar-refractivity contribution in [3.63, 3.8) is 0 Å². The number of halogens is 2. The molecule has 0 spiro atoms. The summed E-state index contributed by atoms with van der Waals surface area (Å²) in [7, 11) is 0. The number of para-hydroxylation sites is 1. The Hall–Kier alpha value is -2.04. The number of benzene rings is 2. The summed E-state index contributed by atoms with van der Waals surface area (Å²) >= 11 is 12.1. The molecule has 2 amide bonds. The summed E-state index contributed by atoms with van der Waals surface area (Å²) in [5.41, 5.74) is 1.56.